The molecule has 2 heteroatoms. The zero-order valence-corrected chi connectivity index (χ0v) is 15.6. The molecule has 0 aliphatic rings. The molecule has 0 heterocycles. The Morgan fingerprint density at radius 1 is 0.652 bits per heavy atom. The van der Waals surface area contributed by atoms with Crippen molar-refractivity contribution in [3.05, 3.63) is 70.8 Å². The van der Waals surface area contributed by atoms with Gasteiger partial charge in [0.1, 0.15) is 0 Å². The Morgan fingerprint density at radius 3 is 1.30 bits per heavy atom. The molecule has 2 aromatic carbocycles. The lowest BCUT2D eigenvalue weighted by Crippen LogP contribution is -1.98. The standard InChI is InChI=1S/C21H26Cl2/c1-16(20-10-6-18(14-22)7-11-20)4-3-5-17(2)21-12-8-19(15-23)9-13-21/h6-13,16-17H,3-5,14-15H2,1-2H3. The van der Waals surface area contributed by atoms with Gasteiger partial charge in [-0.25, -0.2) is 0 Å². The van der Waals surface area contributed by atoms with Crippen LogP contribution in [0, 0.1) is 0 Å². The van der Waals surface area contributed by atoms with Crippen molar-refractivity contribution in [2.24, 2.45) is 0 Å². The molecule has 23 heavy (non-hydrogen) atoms. The Labute approximate surface area is 150 Å². The minimum absolute atomic E-state index is 0.592. The topological polar surface area (TPSA) is 0 Å². The van der Waals surface area contributed by atoms with E-state index in [1.165, 1.54) is 41.5 Å². The number of hydrogen-bond donors (Lipinski definition) is 0. The van der Waals surface area contributed by atoms with E-state index >= 15 is 0 Å². The molecule has 124 valence electrons. The van der Waals surface area contributed by atoms with Gasteiger partial charge in [-0.1, -0.05) is 68.8 Å². The van der Waals surface area contributed by atoms with Crippen LogP contribution in [0.15, 0.2) is 48.5 Å². The molecule has 0 aliphatic heterocycles. The van der Waals surface area contributed by atoms with Gasteiger partial charge in [-0.2, -0.15) is 0 Å². The second kappa shape index (κ2) is 9.35. The highest BCUT2D eigenvalue weighted by Gasteiger charge is 2.09. The van der Waals surface area contributed by atoms with Crippen LogP contribution in [0.25, 0.3) is 0 Å². The zero-order valence-electron chi connectivity index (χ0n) is 14.1. The van der Waals surface area contributed by atoms with Crippen molar-refractivity contribution in [2.45, 2.75) is 56.7 Å². The van der Waals surface area contributed by atoms with E-state index in [1.54, 1.807) is 0 Å². The first kappa shape index (κ1) is 18.4. The molecule has 0 radical (unpaired) electrons. The second-order valence-electron chi connectivity index (χ2n) is 6.48. The maximum absolute atomic E-state index is 5.85. The van der Waals surface area contributed by atoms with Crippen molar-refractivity contribution in [2.75, 3.05) is 0 Å². The Bertz CT molecular complexity index is 518. The van der Waals surface area contributed by atoms with Crippen LogP contribution in [0.5, 0.6) is 0 Å². The molecule has 0 spiro atoms. The predicted molar refractivity (Wildman–Crippen MR) is 103 cm³/mol. The summed E-state index contributed by atoms with van der Waals surface area (Å²) in [7, 11) is 0. The Kier molecular flexibility index (Phi) is 7.46. The van der Waals surface area contributed by atoms with Gasteiger partial charge in [0.25, 0.3) is 0 Å². The summed E-state index contributed by atoms with van der Waals surface area (Å²) in [6.45, 7) is 4.63. The van der Waals surface area contributed by atoms with Crippen LogP contribution in [0.1, 0.15) is 67.2 Å². The summed E-state index contributed by atoms with van der Waals surface area (Å²) < 4.78 is 0. The van der Waals surface area contributed by atoms with Gasteiger partial charge in [0.15, 0.2) is 0 Å². The highest BCUT2D eigenvalue weighted by Crippen LogP contribution is 2.27. The molecule has 2 atom stereocenters. The van der Waals surface area contributed by atoms with E-state index in [-0.39, 0.29) is 0 Å². The third-order valence-corrected chi connectivity index (χ3v) is 5.30. The van der Waals surface area contributed by atoms with Crippen LogP contribution in [-0.2, 0) is 11.8 Å². The van der Waals surface area contributed by atoms with Gasteiger partial charge >= 0.3 is 0 Å². The van der Waals surface area contributed by atoms with Gasteiger partial charge in [0.2, 0.25) is 0 Å². The van der Waals surface area contributed by atoms with E-state index in [4.69, 9.17) is 23.2 Å². The van der Waals surface area contributed by atoms with E-state index in [9.17, 15) is 0 Å². The third-order valence-electron chi connectivity index (χ3n) is 4.68. The van der Waals surface area contributed by atoms with Crippen molar-refractivity contribution in [3.8, 4) is 0 Å². The maximum atomic E-state index is 5.85. The Balaban J connectivity index is 1.80. The summed E-state index contributed by atoms with van der Waals surface area (Å²) >= 11 is 11.7. The summed E-state index contributed by atoms with van der Waals surface area (Å²) in [5.41, 5.74) is 5.21. The van der Waals surface area contributed by atoms with E-state index in [0.717, 1.165) is 0 Å². The lowest BCUT2D eigenvalue weighted by molar-refractivity contribution is 0.561. The molecule has 0 bridgehead atoms. The van der Waals surface area contributed by atoms with E-state index in [0.29, 0.717) is 23.6 Å². The average molecular weight is 349 g/mol. The van der Waals surface area contributed by atoms with Crippen molar-refractivity contribution in [1.29, 1.82) is 0 Å². The number of alkyl halides is 2. The summed E-state index contributed by atoms with van der Waals surface area (Å²) in [6, 6.07) is 17.4. The Morgan fingerprint density at radius 2 is 1.00 bits per heavy atom. The van der Waals surface area contributed by atoms with Gasteiger partial charge in [0, 0.05) is 11.8 Å². The predicted octanol–water partition coefficient (Wildman–Crippen LogP) is 7.24. The van der Waals surface area contributed by atoms with Crippen LogP contribution < -0.4 is 0 Å². The molecule has 2 unspecified atom stereocenters. The lowest BCUT2D eigenvalue weighted by Gasteiger charge is -2.15. The lowest BCUT2D eigenvalue weighted by atomic mass is 9.90. The van der Waals surface area contributed by atoms with Crippen LogP contribution in [0.3, 0.4) is 0 Å². The van der Waals surface area contributed by atoms with Crippen LogP contribution in [0.4, 0.5) is 0 Å². The second-order valence-corrected chi connectivity index (χ2v) is 7.02. The smallest absolute Gasteiger partial charge is 0.0474 e. The van der Waals surface area contributed by atoms with Crippen molar-refractivity contribution in [1.82, 2.24) is 0 Å². The summed E-state index contributed by atoms with van der Waals surface area (Å²) in [5, 5.41) is 0. The molecule has 0 amide bonds. The molecule has 0 saturated carbocycles. The minimum atomic E-state index is 0.592. The zero-order chi connectivity index (χ0) is 16.7. The molecular weight excluding hydrogens is 323 g/mol. The quantitative estimate of drug-likeness (QED) is 0.441. The van der Waals surface area contributed by atoms with Crippen LogP contribution in [0.2, 0.25) is 0 Å². The highest BCUT2D eigenvalue weighted by molar-refractivity contribution is 6.17. The fourth-order valence-electron chi connectivity index (χ4n) is 2.93. The third kappa shape index (κ3) is 5.55. The van der Waals surface area contributed by atoms with Gasteiger partial charge in [-0.15, -0.1) is 23.2 Å². The number of hydrogen-bond acceptors (Lipinski definition) is 0. The van der Waals surface area contributed by atoms with Gasteiger partial charge < -0.3 is 0 Å². The molecular formula is C21H26Cl2. The highest BCUT2D eigenvalue weighted by atomic mass is 35.5. The van der Waals surface area contributed by atoms with Crippen molar-refractivity contribution >= 4 is 23.2 Å². The fraction of sp³-hybridized carbons (Fsp3) is 0.429. The average Bonchev–Trinajstić information content (AvgIpc) is 2.61. The summed E-state index contributed by atoms with van der Waals surface area (Å²) in [6.07, 6.45) is 3.70. The number of rotatable bonds is 8. The minimum Gasteiger partial charge on any atom is -0.122 e. The largest absolute Gasteiger partial charge is 0.122 e. The molecule has 0 nitrogen and oxygen atoms in total. The first-order chi connectivity index (χ1) is 11.1. The van der Waals surface area contributed by atoms with Crippen LogP contribution >= 0.6 is 23.2 Å². The molecule has 0 N–H and O–H groups in total. The molecule has 0 fully saturated rings. The summed E-state index contributed by atoms with van der Waals surface area (Å²) in [5.74, 6) is 2.39. The van der Waals surface area contributed by atoms with E-state index < -0.39 is 0 Å². The maximum Gasteiger partial charge on any atom is 0.0474 e. The van der Waals surface area contributed by atoms with Gasteiger partial charge in [0.05, 0.1) is 0 Å². The fourth-order valence-corrected chi connectivity index (χ4v) is 3.29. The molecule has 2 rings (SSSR count). The Hall–Kier alpha value is -0.980. The van der Waals surface area contributed by atoms with Crippen LogP contribution in [-0.4, -0.2) is 0 Å². The normalized spacial score (nSPS) is 13.7. The SMILES string of the molecule is CC(CCCC(C)c1ccc(CCl)cc1)c1ccc(CCl)cc1. The van der Waals surface area contributed by atoms with Gasteiger partial charge in [-0.05, 0) is 46.9 Å². The van der Waals surface area contributed by atoms with E-state index in [2.05, 4.69) is 62.4 Å². The molecule has 0 saturated heterocycles. The van der Waals surface area contributed by atoms with E-state index in [1.807, 2.05) is 0 Å². The molecule has 2 aromatic rings. The monoisotopic (exact) mass is 348 g/mol. The van der Waals surface area contributed by atoms with Crippen molar-refractivity contribution < 1.29 is 0 Å². The van der Waals surface area contributed by atoms with Crippen molar-refractivity contribution in [3.63, 3.8) is 0 Å². The van der Waals surface area contributed by atoms with Gasteiger partial charge in [-0.3, -0.25) is 0 Å². The first-order valence-electron chi connectivity index (χ1n) is 8.43. The molecule has 0 aromatic heterocycles. The summed E-state index contributed by atoms with van der Waals surface area (Å²) in [4.78, 5) is 0. The number of halogens is 2. The first-order valence-corrected chi connectivity index (χ1v) is 9.50. The molecule has 0 aliphatic carbocycles. The number of benzene rings is 2.